The van der Waals surface area contributed by atoms with E-state index in [2.05, 4.69) is 29.8 Å². The number of halogens is 1. The minimum Gasteiger partial charge on any atom is -0.273 e. The zero-order valence-electron chi connectivity index (χ0n) is 10.6. The Morgan fingerprint density at radius 2 is 2.11 bits per heavy atom. The fourth-order valence-corrected chi connectivity index (χ4v) is 7.66. The Kier molecular flexibility index (Phi) is 2.52. The number of carbonyl (C=O) groups is 1. The van der Waals surface area contributed by atoms with Gasteiger partial charge in [0.25, 0.3) is 0 Å². The van der Waals surface area contributed by atoms with E-state index >= 15 is 0 Å². The molecule has 1 unspecified atom stereocenters. The molecule has 0 N–H and O–H groups in total. The van der Waals surface area contributed by atoms with E-state index in [9.17, 15) is 13.2 Å². The lowest BCUT2D eigenvalue weighted by Gasteiger charge is -2.36. The summed E-state index contributed by atoms with van der Waals surface area (Å²) in [5.41, 5.74) is -0.166. The van der Waals surface area contributed by atoms with Crippen LogP contribution in [-0.4, -0.2) is 35.8 Å². The second kappa shape index (κ2) is 3.51. The van der Waals surface area contributed by atoms with Gasteiger partial charge in [-0.05, 0) is 30.6 Å². The molecule has 1 saturated heterocycles. The highest BCUT2D eigenvalue weighted by Crippen LogP contribution is 2.69. The van der Waals surface area contributed by atoms with Crippen LogP contribution in [0, 0.1) is 16.7 Å². The molecule has 3 fully saturated rings. The van der Waals surface area contributed by atoms with E-state index in [0.717, 1.165) is 19.3 Å². The van der Waals surface area contributed by atoms with Gasteiger partial charge >= 0.3 is 0 Å². The number of alkyl halides is 1. The second-order valence-electron chi connectivity index (χ2n) is 6.44. The third-order valence-corrected chi connectivity index (χ3v) is 8.19. The van der Waals surface area contributed by atoms with Crippen LogP contribution in [0.2, 0.25) is 0 Å². The fraction of sp³-hybridized carbons (Fsp3) is 0.917. The molecule has 3 rings (SSSR count). The molecule has 0 aromatic rings. The zero-order chi connectivity index (χ0) is 13.3. The maximum absolute atomic E-state index is 12.3. The highest BCUT2D eigenvalue weighted by molar-refractivity contribution is 9.09. The normalized spacial score (nSPS) is 43.2. The minimum atomic E-state index is -3.42. The van der Waals surface area contributed by atoms with Gasteiger partial charge < -0.3 is 0 Å². The minimum absolute atomic E-state index is 0.0338. The lowest BCUT2D eigenvalue weighted by atomic mass is 9.69. The predicted molar refractivity (Wildman–Crippen MR) is 71.8 cm³/mol. The van der Waals surface area contributed by atoms with Crippen molar-refractivity contribution in [3.05, 3.63) is 0 Å². The summed E-state index contributed by atoms with van der Waals surface area (Å²) in [6.07, 6.45) is 2.90. The Morgan fingerprint density at radius 1 is 1.44 bits per heavy atom. The topological polar surface area (TPSA) is 54.5 Å². The van der Waals surface area contributed by atoms with Crippen LogP contribution in [0.5, 0.6) is 0 Å². The highest BCUT2D eigenvalue weighted by Gasteiger charge is 2.72. The summed E-state index contributed by atoms with van der Waals surface area (Å²) in [5, 5.41) is 0.0872. The molecule has 18 heavy (non-hydrogen) atoms. The quantitative estimate of drug-likeness (QED) is 0.686. The molecule has 1 aliphatic heterocycles. The molecular weight excluding hydrogens is 318 g/mol. The summed E-state index contributed by atoms with van der Waals surface area (Å²) in [6.45, 7) is 4.37. The number of rotatable bonds is 1. The number of sulfonamides is 1. The van der Waals surface area contributed by atoms with Crippen molar-refractivity contribution in [1.29, 1.82) is 0 Å². The van der Waals surface area contributed by atoms with Crippen molar-refractivity contribution in [3.8, 4) is 0 Å². The van der Waals surface area contributed by atoms with E-state index < -0.39 is 10.0 Å². The Bertz CT molecular complexity index is 515. The van der Waals surface area contributed by atoms with Crippen molar-refractivity contribution >= 4 is 31.9 Å². The largest absolute Gasteiger partial charge is 0.273 e. The lowest BCUT2D eigenvalue weighted by molar-refractivity contribution is -0.126. The smallest absolute Gasteiger partial charge is 0.246 e. The monoisotopic (exact) mass is 335 g/mol. The maximum Gasteiger partial charge on any atom is 0.246 e. The lowest BCUT2D eigenvalue weighted by Crippen LogP contribution is -2.44. The summed E-state index contributed by atoms with van der Waals surface area (Å²) in [7, 11) is -3.42. The Hall–Kier alpha value is -0.100. The molecule has 2 saturated carbocycles. The van der Waals surface area contributed by atoms with Crippen LogP contribution in [0.25, 0.3) is 0 Å². The van der Waals surface area contributed by atoms with Crippen LogP contribution < -0.4 is 0 Å². The van der Waals surface area contributed by atoms with Crippen molar-refractivity contribution in [2.45, 2.75) is 39.2 Å². The Balaban J connectivity index is 2.11. The van der Waals surface area contributed by atoms with Gasteiger partial charge in [-0.1, -0.05) is 29.8 Å². The number of nitrogens with zero attached hydrogens (tertiary/aromatic N) is 1. The van der Waals surface area contributed by atoms with E-state index in [1.807, 2.05) is 0 Å². The van der Waals surface area contributed by atoms with Crippen LogP contribution in [0.15, 0.2) is 0 Å². The van der Waals surface area contributed by atoms with E-state index in [1.165, 1.54) is 4.31 Å². The van der Waals surface area contributed by atoms with Gasteiger partial charge in [0.2, 0.25) is 15.9 Å². The first-order valence-electron chi connectivity index (χ1n) is 6.37. The molecule has 3 atom stereocenters. The molecule has 0 aromatic carbocycles. The van der Waals surface area contributed by atoms with Gasteiger partial charge in [-0.3, -0.25) is 4.79 Å². The number of hydrogen-bond donors (Lipinski definition) is 0. The van der Waals surface area contributed by atoms with E-state index in [-0.39, 0.29) is 33.9 Å². The van der Waals surface area contributed by atoms with E-state index in [0.29, 0.717) is 5.92 Å². The molecule has 0 aromatic heterocycles. The Labute approximate surface area is 116 Å². The van der Waals surface area contributed by atoms with Gasteiger partial charge in [-0.2, -0.15) is 0 Å². The highest BCUT2D eigenvalue weighted by atomic mass is 79.9. The van der Waals surface area contributed by atoms with Crippen molar-refractivity contribution in [3.63, 3.8) is 0 Å². The molecule has 2 aliphatic carbocycles. The van der Waals surface area contributed by atoms with Crippen molar-refractivity contribution < 1.29 is 13.2 Å². The van der Waals surface area contributed by atoms with Gasteiger partial charge in [0, 0.05) is 5.41 Å². The van der Waals surface area contributed by atoms with Gasteiger partial charge in [-0.15, -0.1) is 0 Å². The second-order valence-corrected chi connectivity index (χ2v) is 8.85. The molecule has 2 bridgehead atoms. The molecule has 1 spiro atoms. The van der Waals surface area contributed by atoms with Crippen LogP contribution >= 0.6 is 15.9 Å². The Morgan fingerprint density at radius 3 is 2.67 bits per heavy atom. The average Bonchev–Trinajstić information content (AvgIpc) is 2.74. The summed E-state index contributed by atoms with van der Waals surface area (Å²) in [4.78, 5) is 12.0. The third-order valence-electron chi connectivity index (χ3n) is 5.77. The van der Waals surface area contributed by atoms with Crippen molar-refractivity contribution in [2.24, 2.45) is 16.7 Å². The molecule has 1 amide bonds. The van der Waals surface area contributed by atoms with Crippen LogP contribution in [0.1, 0.15) is 33.1 Å². The predicted octanol–water partition coefficient (Wildman–Crippen LogP) is 1.75. The van der Waals surface area contributed by atoms with Crippen LogP contribution in [0.3, 0.4) is 0 Å². The fourth-order valence-electron chi connectivity index (χ4n) is 4.68. The summed E-state index contributed by atoms with van der Waals surface area (Å²) < 4.78 is 25.9. The van der Waals surface area contributed by atoms with Gasteiger partial charge in [0.05, 0.1) is 17.1 Å². The number of amides is 1. The average molecular weight is 336 g/mol. The number of hydrogen-bond acceptors (Lipinski definition) is 3. The van der Waals surface area contributed by atoms with Crippen LogP contribution in [0.4, 0.5) is 0 Å². The SMILES string of the molecule is CC1(C)C2CC[C@@]13CS(=O)(=O)N(C(=O)CBr)[C@H]3C2. The molecule has 3 aliphatic rings. The number of fused-ring (bicyclic) bond motifs is 1. The zero-order valence-corrected chi connectivity index (χ0v) is 13.1. The van der Waals surface area contributed by atoms with Gasteiger partial charge in [-0.25, -0.2) is 12.7 Å². The van der Waals surface area contributed by atoms with E-state index in [1.54, 1.807) is 0 Å². The first kappa shape index (κ1) is 12.9. The molecule has 102 valence electrons. The molecule has 0 radical (unpaired) electrons. The summed E-state index contributed by atoms with van der Waals surface area (Å²) >= 11 is 3.10. The molecule has 6 heteroatoms. The summed E-state index contributed by atoms with van der Waals surface area (Å²) in [5.74, 6) is 0.413. The van der Waals surface area contributed by atoms with Crippen molar-refractivity contribution in [2.75, 3.05) is 11.1 Å². The maximum atomic E-state index is 12.3. The standard InChI is InChI=1S/C12H18BrNO3S/c1-11(2)8-3-4-12(11)7-18(16,17)14(9(12)5-8)10(15)6-13/h8-9H,3-7H2,1-2H3/t8?,9-,12-/m0/s1. The first-order valence-corrected chi connectivity index (χ1v) is 9.10. The molecular formula is C12H18BrNO3S. The first-order chi connectivity index (χ1) is 8.26. The number of carbonyl (C=O) groups excluding carboxylic acids is 1. The third kappa shape index (κ3) is 1.26. The van der Waals surface area contributed by atoms with Crippen LogP contribution in [-0.2, 0) is 14.8 Å². The molecule has 4 nitrogen and oxygen atoms in total. The van der Waals surface area contributed by atoms with E-state index in [4.69, 9.17) is 0 Å². The van der Waals surface area contributed by atoms with Gasteiger partial charge in [0.15, 0.2) is 0 Å². The van der Waals surface area contributed by atoms with Gasteiger partial charge in [0.1, 0.15) is 0 Å². The van der Waals surface area contributed by atoms with Crippen molar-refractivity contribution in [1.82, 2.24) is 4.31 Å². The summed E-state index contributed by atoms with van der Waals surface area (Å²) in [6, 6.07) is -0.0960. The molecule has 1 heterocycles.